The van der Waals surface area contributed by atoms with Crippen LogP contribution in [0.1, 0.15) is 48.2 Å². The number of hydrazone groups is 1. The number of benzene rings is 2. The van der Waals surface area contributed by atoms with Gasteiger partial charge >= 0.3 is 0 Å². The van der Waals surface area contributed by atoms with Gasteiger partial charge in [0.15, 0.2) is 0 Å². The molecular formula is C24H28Cl2N4O2. The molecule has 0 radical (unpaired) electrons. The molecule has 2 N–H and O–H groups in total. The molecule has 2 aromatic carbocycles. The molecular weight excluding hydrogens is 447 g/mol. The number of hydrogen-bond donors (Lipinski definition) is 2. The highest BCUT2D eigenvalue weighted by atomic mass is 35.5. The third-order valence-electron chi connectivity index (χ3n) is 5.47. The van der Waals surface area contributed by atoms with Crippen LogP contribution in [0.4, 0.5) is 5.69 Å². The second kappa shape index (κ2) is 10.8. The minimum absolute atomic E-state index is 0.151. The summed E-state index contributed by atoms with van der Waals surface area (Å²) in [5.41, 5.74) is 6.10. The number of amides is 2. The van der Waals surface area contributed by atoms with Crippen molar-refractivity contribution in [3.63, 3.8) is 0 Å². The van der Waals surface area contributed by atoms with Crippen molar-refractivity contribution >= 4 is 46.9 Å². The van der Waals surface area contributed by atoms with Gasteiger partial charge in [-0.25, -0.2) is 5.43 Å². The van der Waals surface area contributed by atoms with E-state index in [0.29, 0.717) is 5.02 Å². The van der Waals surface area contributed by atoms with Gasteiger partial charge in [0.2, 0.25) is 0 Å². The largest absolute Gasteiger partial charge is 0.371 e. The summed E-state index contributed by atoms with van der Waals surface area (Å²) in [5.74, 6) is -1.00. The van der Waals surface area contributed by atoms with E-state index in [9.17, 15) is 9.59 Å². The molecule has 1 heterocycles. The Bertz CT molecular complexity index is 1020. The number of aryl methyl sites for hydroxylation is 1. The van der Waals surface area contributed by atoms with Crippen LogP contribution in [-0.4, -0.2) is 37.2 Å². The first-order valence-corrected chi connectivity index (χ1v) is 11.5. The molecule has 0 spiro atoms. The number of anilines is 1. The van der Waals surface area contributed by atoms with Crippen molar-refractivity contribution in [1.82, 2.24) is 10.7 Å². The maximum atomic E-state index is 12.7. The highest BCUT2D eigenvalue weighted by Gasteiger charge is 2.25. The van der Waals surface area contributed by atoms with Crippen LogP contribution in [0.25, 0.3) is 0 Å². The number of nitrogens with one attached hydrogen (secondary N) is 2. The molecule has 1 aliphatic rings. The first kappa shape index (κ1) is 24.1. The third-order valence-corrected chi connectivity index (χ3v) is 6.02. The summed E-state index contributed by atoms with van der Waals surface area (Å²) in [6, 6.07) is 9.95. The van der Waals surface area contributed by atoms with Crippen LogP contribution in [0.3, 0.4) is 0 Å². The number of hydrogen-bond acceptors (Lipinski definition) is 4. The number of carbonyl (C=O) groups is 2. The van der Waals surface area contributed by atoms with Crippen LogP contribution in [0.2, 0.25) is 10.0 Å². The number of carbonyl (C=O) groups excluding carboxylic acids is 2. The van der Waals surface area contributed by atoms with Crippen molar-refractivity contribution in [2.75, 3.05) is 18.0 Å². The monoisotopic (exact) mass is 474 g/mol. The summed E-state index contributed by atoms with van der Waals surface area (Å²) in [7, 11) is 0. The van der Waals surface area contributed by atoms with Crippen molar-refractivity contribution in [3.05, 3.63) is 63.1 Å². The molecule has 1 atom stereocenters. The van der Waals surface area contributed by atoms with E-state index in [-0.39, 0.29) is 16.5 Å². The molecule has 0 aromatic heterocycles. The van der Waals surface area contributed by atoms with Crippen molar-refractivity contribution in [2.45, 2.75) is 39.7 Å². The molecule has 0 bridgehead atoms. The Morgan fingerprint density at radius 2 is 1.81 bits per heavy atom. The van der Waals surface area contributed by atoms with Gasteiger partial charge in [0, 0.05) is 23.8 Å². The van der Waals surface area contributed by atoms with Crippen LogP contribution in [0, 0.1) is 12.8 Å². The van der Waals surface area contributed by atoms with Crippen LogP contribution in [0.15, 0.2) is 41.5 Å². The predicted molar refractivity (Wildman–Crippen MR) is 131 cm³/mol. The molecule has 2 aromatic rings. The number of nitrogens with zero attached hydrogens (tertiary/aromatic N) is 2. The Hall–Kier alpha value is -2.57. The van der Waals surface area contributed by atoms with E-state index in [1.165, 1.54) is 36.2 Å². The van der Waals surface area contributed by atoms with Crippen LogP contribution in [0.5, 0.6) is 0 Å². The van der Waals surface area contributed by atoms with Crippen LogP contribution < -0.4 is 15.6 Å². The van der Waals surface area contributed by atoms with Crippen molar-refractivity contribution < 1.29 is 9.59 Å². The highest BCUT2D eigenvalue weighted by Crippen LogP contribution is 2.24. The predicted octanol–water partition coefficient (Wildman–Crippen LogP) is 4.81. The molecule has 6 nitrogen and oxygen atoms in total. The van der Waals surface area contributed by atoms with Gasteiger partial charge in [-0.3, -0.25) is 9.59 Å². The maximum absolute atomic E-state index is 12.7. The van der Waals surface area contributed by atoms with Gasteiger partial charge < -0.3 is 10.2 Å². The van der Waals surface area contributed by atoms with Crippen molar-refractivity contribution in [3.8, 4) is 0 Å². The lowest BCUT2D eigenvalue weighted by Crippen LogP contribution is -2.48. The van der Waals surface area contributed by atoms with Gasteiger partial charge in [0.25, 0.3) is 11.8 Å². The summed E-state index contributed by atoms with van der Waals surface area (Å²) >= 11 is 12.0. The lowest BCUT2D eigenvalue weighted by molar-refractivity contribution is -0.123. The zero-order valence-electron chi connectivity index (χ0n) is 18.5. The Morgan fingerprint density at radius 3 is 2.44 bits per heavy atom. The molecule has 1 unspecified atom stereocenters. The molecule has 0 aliphatic carbocycles. The van der Waals surface area contributed by atoms with Crippen molar-refractivity contribution in [1.29, 1.82) is 0 Å². The lowest BCUT2D eigenvalue weighted by Gasteiger charge is -2.21. The Morgan fingerprint density at radius 1 is 1.09 bits per heavy atom. The molecule has 8 heteroatoms. The van der Waals surface area contributed by atoms with Crippen LogP contribution >= 0.6 is 23.2 Å². The Labute approximate surface area is 199 Å². The fourth-order valence-electron chi connectivity index (χ4n) is 3.74. The highest BCUT2D eigenvalue weighted by molar-refractivity contribution is 6.36. The lowest BCUT2D eigenvalue weighted by atomic mass is 10.0. The maximum Gasteiger partial charge on any atom is 0.262 e. The first-order chi connectivity index (χ1) is 15.3. The summed E-state index contributed by atoms with van der Waals surface area (Å²) in [4.78, 5) is 27.7. The zero-order chi connectivity index (χ0) is 23.3. The molecule has 2 amide bonds. The second-order valence-corrected chi connectivity index (χ2v) is 9.14. The van der Waals surface area contributed by atoms with E-state index in [2.05, 4.69) is 33.7 Å². The molecule has 170 valence electrons. The third kappa shape index (κ3) is 6.02. The molecule has 1 fully saturated rings. The fourth-order valence-corrected chi connectivity index (χ4v) is 4.23. The van der Waals surface area contributed by atoms with Gasteiger partial charge in [0.05, 0.1) is 16.8 Å². The van der Waals surface area contributed by atoms with Crippen molar-refractivity contribution in [2.24, 2.45) is 11.0 Å². The normalized spacial score (nSPS) is 14.8. The minimum atomic E-state index is -0.773. The fraction of sp³-hybridized carbons (Fsp3) is 0.375. The van der Waals surface area contributed by atoms with Gasteiger partial charge in [0.1, 0.15) is 6.04 Å². The van der Waals surface area contributed by atoms with Crippen LogP contribution in [-0.2, 0) is 4.79 Å². The average Bonchev–Trinajstić information content (AvgIpc) is 3.26. The number of rotatable bonds is 7. The number of halogens is 2. The van der Waals surface area contributed by atoms with E-state index in [4.69, 9.17) is 23.2 Å². The molecule has 1 aliphatic heterocycles. The zero-order valence-corrected chi connectivity index (χ0v) is 20.0. The van der Waals surface area contributed by atoms with E-state index >= 15 is 0 Å². The van der Waals surface area contributed by atoms with E-state index in [0.717, 1.165) is 18.7 Å². The first-order valence-electron chi connectivity index (χ1n) is 10.7. The quantitative estimate of drug-likeness (QED) is 0.446. The topological polar surface area (TPSA) is 73.8 Å². The average molecular weight is 475 g/mol. The summed E-state index contributed by atoms with van der Waals surface area (Å²) in [6.45, 7) is 7.95. The van der Waals surface area contributed by atoms with Gasteiger partial charge in [-0.15, -0.1) is 0 Å². The minimum Gasteiger partial charge on any atom is -0.371 e. The summed E-state index contributed by atoms with van der Waals surface area (Å²) in [5, 5.41) is 7.48. The van der Waals surface area contributed by atoms with E-state index in [1.54, 1.807) is 12.3 Å². The molecule has 3 rings (SSSR count). The standard InChI is InChI=1S/C24H28Cl2N4O2/c1-15(2)22(28-23(31)19-8-7-18(25)13-20(19)26)24(32)29-27-14-17-6-9-21(16(3)12-17)30-10-4-5-11-30/h6-9,12-15,22H,4-5,10-11H2,1-3H3,(H,28,31)(H,29,32)/b27-14-. The van der Waals surface area contributed by atoms with E-state index < -0.39 is 17.9 Å². The van der Waals surface area contributed by atoms with Gasteiger partial charge in [-0.2, -0.15) is 5.10 Å². The second-order valence-electron chi connectivity index (χ2n) is 8.29. The molecule has 32 heavy (non-hydrogen) atoms. The smallest absolute Gasteiger partial charge is 0.262 e. The van der Waals surface area contributed by atoms with Gasteiger partial charge in [-0.1, -0.05) is 43.1 Å². The Kier molecular flexibility index (Phi) is 8.15. The van der Waals surface area contributed by atoms with Gasteiger partial charge in [-0.05, 0) is 67.1 Å². The SMILES string of the molecule is Cc1cc(/C=N\NC(=O)C(NC(=O)c2ccc(Cl)cc2Cl)C(C)C)ccc1N1CCCC1. The van der Waals surface area contributed by atoms with E-state index in [1.807, 2.05) is 26.0 Å². The molecule has 0 saturated carbocycles. The molecule has 1 saturated heterocycles. The Balaban J connectivity index is 1.62. The summed E-state index contributed by atoms with van der Waals surface area (Å²) in [6.07, 6.45) is 4.06. The summed E-state index contributed by atoms with van der Waals surface area (Å²) < 4.78 is 0.